The molecule has 0 aliphatic carbocycles. The third-order valence-corrected chi connectivity index (χ3v) is 4.99. The van der Waals surface area contributed by atoms with Gasteiger partial charge in [-0.2, -0.15) is 0 Å². The molecule has 2 rings (SSSR count). The Morgan fingerprint density at radius 2 is 1.48 bits per heavy atom. The Morgan fingerprint density at radius 1 is 0.897 bits per heavy atom. The third-order valence-electron chi connectivity index (χ3n) is 4.74. The van der Waals surface area contributed by atoms with E-state index in [1.807, 2.05) is 24.3 Å². The number of carbonyl (C=O) groups is 2. The van der Waals surface area contributed by atoms with Gasteiger partial charge in [0.05, 0.1) is 7.11 Å². The largest absolute Gasteiger partial charge is 0.497 e. The summed E-state index contributed by atoms with van der Waals surface area (Å²) < 4.78 is 5.21. The average molecular weight is 418 g/mol. The summed E-state index contributed by atoms with van der Waals surface area (Å²) in [7, 11) is 1.61. The lowest BCUT2D eigenvalue weighted by Crippen LogP contribution is -2.31. The highest BCUT2D eigenvalue weighted by atomic mass is 35.5. The van der Waals surface area contributed by atoms with E-state index in [9.17, 15) is 9.59 Å². The zero-order valence-electron chi connectivity index (χ0n) is 16.8. The number of aliphatic carboxylic acids is 1. The molecule has 6 heteroatoms. The Morgan fingerprint density at radius 3 is 2.07 bits per heavy atom. The minimum absolute atomic E-state index is 0.0618. The van der Waals surface area contributed by atoms with Crippen LogP contribution in [0.4, 0.5) is 5.69 Å². The highest BCUT2D eigenvalue weighted by molar-refractivity contribution is 6.30. The van der Waals surface area contributed by atoms with Gasteiger partial charge in [0.2, 0.25) is 0 Å². The molecule has 1 N–H and O–H groups in total. The first-order valence-electron chi connectivity index (χ1n) is 9.94. The number of anilines is 1. The van der Waals surface area contributed by atoms with Crippen molar-refractivity contribution in [3.63, 3.8) is 0 Å². The van der Waals surface area contributed by atoms with E-state index in [2.05, 4.69) is 0 Å². The summed E-state index contributed by atoms with van der Waals surface area (Å²) in [6.07, 6.45) is 5.81. The highest BCUT2D eigenvalue weighted by Gasteiger charge is 2.17. The van der Waals surface area contributed by atoms with Crippen LogP contribution in [0.2, 0.25) is 5.02 Å². The second-order valence-corrected chi connectivity index (χ2v) is 7.36. The third kappa shape index (κ3) is 7.78. The molecule has 0 bridgehead atoms. The standard InChI is InChI=1S/C23H28ClNO4/c1-29-21-15-13-20(14-16-21)25(23(28)18-9-11-19(24)12-10-18)17-7-5-3-2-4-6-8-22(26)27/h9-16H,2-8,17H2,1H3,(H,26,27). The maximum Gasteiger partial charge on any atom is 0.303 e. The van der Waals surface area contributed by atoms with Crippen LogP contribution < -0.4 is 9.64 Å². The van der Waals surface area contributed by atoms with Gasteiger partial charge in [0, 0.05) is 29.2 Å². The summed E-state index contributed by atoms with van der Waals surface area (Å²) in [5, 5.41) is 9.26. The molecule has 0 aliphatic heterocycles. The number of ether oxygens (including phenoxy) is 1. The molecule has 29 heavy (non-hydrogen) atoms. The van der Waals surface area contributed by atoms with Crippen molar-refractivity contribution in [2.45, 2.75) is 44.9 Å². The summed E-state index contributed by atoms with van der Waals surface area (Å²) in [6, 6.07) is 14.4. The Balaban J connectivity index is 1.94. The summed E-state index contributed by atoms with van der Waals surface area (Å²) in [4.78, 5) is 25.4. The maximum atomic E-state index is 13.1. The van der Waals surface area contributed by atoms with Crippen molar-refractivity contribution in [3.8, 4) is 5.75 Å². The minimum atomic E-state index is -0.735. The first-order chi connectivity index (χ1) is 14.0. The number of carbonyl (C=O) groups excluding carboxylic acids is 1. The van der Waals surface area contributed by atoms with E-state index in [0.717, 1.165) is 50.0 Å². The predicted octanol–water partition coefficient (Wildman–Crippen LogP) is 5.81. The van der Waals surface area contributed by atoms with Crippen LogP contribution in [0.5, 0.6) is 5.75 Å². The number of halogens is 1. The topological polar surface area (TPSA) is 66.8 Å². The van der Waals surface area contributed by atoms with E-state index in [1.54, 1.807) is 36.3 Å². The maximum absolute atomic E-state index is 13.1. The molecule has 2 aromatic rings. The molecule has 0 aliphatic rings. The lowest BCUT2D eigenvalue weighted by atomic mass is 10.1. The van der Waals surface area contributed by atoms with Crippen molar-refractivity contribution in [2.24, 2.45) is 0 Å². The molecule has 0 fully saturated rings. The van der Waals surface area contributed by atoms with Crippen molar-refractivity contribution in [1.29, 1.82) is 0 Å². The number of amides is 1. The Bertz CT molecular complexity index is 774. The SMILES string of the molecule is COc1ccc(N(CCCCCCCCC(=O)O)C(=O)c2ccc(Cl)cc2)cc1. The molecule has 0 spiro atoms. The molecule has 1 amide bonds. The molecular weight excluding hydrogens is 390 g/mol. The Labute approximate surface area is 177 Å². The lowest BCUT2D eigenvalue weighted by molar-refractivity contribution is -0.137. The summed E-state index contributed by atoms with van der Waals surface area (Å²) in [5.41, 5.74) is 1.42. The van der Waals surface area contributed by atoms with Gasteiger partial charge in [0.1, 0.15) is 5.75 Å². The molecule has 0 radical (unpaired) electrons. The van der Waals surface area contributed by atoms with Crippen molar-refractivity contribution < 1.29 is 19.4 Å². The van der Waals surface area contributed by atoms with Crippen LogP contribution in [-0.4, -0.2) is 30.6 Å². The molecule has 0 saturated heterocycles. The minimum Gasteiger partial charge on any atom is -0.497 e. The second kappa shape index (κ2) is 12.1. The van der Waals surface area contributed by atoms with Gasteiger partial charge < -0.3 is 14.7 Å². The van der Waals surface area contributed by atoms with Crippen LogP contribution in [0, 0.1) is 0 Å². The Hall–Kier alpha value is -2.53. The molecule has 5 nitrogen and oxygen atoms in total. The number of hydrogen-bond donors (Lipinski definition) is 1. The van der Waals surface area contributed by atoms with Crippen LogP contribution in [-0.2, 0) is 4.79 Å². The average Bonchev–Trinajstić information content (AvgIpc) is 2.73. The van der Waals surface area contributed by atoms with Crippen molar-refractivity contribution >= 4 is 29.2 Å². The van der Waals surface area contributed by atoms with E-state index in [0.29, 0.717) is 17.1 Å². The number of unbranched alkanes of at least 4 members (excludes halogenated alkanes) is 5. The number of rotatable bonds is 12. The molecular formula is C23H28ClNO4. The Kier molecular flexibility index (Phi) is 9.51. The van der Waals surface area contributed by atoms with E-state index in [4.69, 9.17) is 21.4 Å². The second-order valence-electron chi connectivity index (χ2n) is 6.93. The fraction of sp³-hybridized carbons (Fsp3) is 0.391. The molecule has 156 valence electrons. The van der Waals surface area contributed by atoms with Crippen LogP contribution in [0.25, 0.3) is 0 Å². The van der Waals surface area contributed by atoms with Crippen molar-refractivity contribution in [3.05, 3.63) is 59.1 Å². The van der Waals surface area contributed by atoms with Gasteiger partial charge in [-0.05, 0) is 61.4 Å². The summed E-state index contributed by atoms with van der Waals surface area (Å²) >= 11 is 5.95. The van der Waals surface area contributed by atoms with Gasteiger partial charge in [-0.15, -0.1) is 0 Å². The van der Waals surface area contributed by atoms with E-state index in [-0.39, 0.29) is 12.3 Å². The monoisotopic (exact) mass is 417 g/mol. The smallest absolute Gasteiger partial charge is 0.303 e. The first kappa shape index (κ1) is 22.8. The number of carboxylic acid groups (broad SMARTS) is 1. The van der Waals surface area contributed by atoms with Crippen LogP contribution >= 0.6 is 11.6 Å². The van der Waals surface area contributed by atoms with Crippen LogP contribution in [0.3, 0.4) is 0 Å². The van der Waals surface area contributed by atoms with Crippen molar-refractivity contribution in [2.75, 3.05) is 18.6 Å². The molecule has 0 saturated carbocycles. The van der Waals surface area contributed by atoms with Gasteiger partial charge >= 0.3 is 5.97 Å². The number of nitrogens with zero attached hydrogens (tertiary/aromatic N) is 1. The van der Waals surface area contributed by atoms with Crippen LogP contribution in [0.15, 0.2) is 48.5 Å². The van der Waals surface area contributed by atoms with Gasteiger partial charge in [0.25, 0.3) is 5.91 Å². The fourth-order valence-electron chi connectivity index (χ4n) is 3.11. The molecule has 0 unspecified atom stereocenters. The molecule has 0 heterocycles. The van der Waals surface area contributed by atoms with Gasteiger partial charge in [-0.1, -0.05) is 37.3 Å². The van der Waals surface area contributed by atoms with Gasteiger partial charge in [-0.3, -0.25) is 9.59 Å². The van der Waals surface area contributed by atoms with E-state index < -0.39 is 5.97 Å². The highest BCUT2D eigenvalue weighted by Crippen LogP contribution is 2.23. The lowest BCUT2D eigenvalue weighted by Gasteiger charge is -2.23. The number of carboxylic acids is 1. The van der Waals surface area contributed by atoms with Crippen LogP contribution in [0.1, 0.15) is 55.3 Å². The zero-order chi connectivity index (χ0) is 21.1. The first-order valence-corrected chi connectivity index (χ1v) is 10.3. The quantitative estimate of drug-likeness (QED) is 0.442. The number of hydrogen-bond acceptors (Lipinski definition) is 3. The summed E-state index contributed by atoms with van der Waals surface area (Å²) in [6.45, 7) is 0.614. The van der Waals surface area contributed by atoms with Crippen molar-refractivity contribution in [1.82, 2.24) is 0 Å². The molecule has 2 aromatic carbocycles. The summed E-state index contributed by atoms with van der Waals surface area (Å²) in [5.74, 6) is -0.0526. The number of methoxy groups -OCH3 is 1. The van der Waals surface area contributed by atoms with Gasteiger partial charge in [-0.25, -0.2) is 0 Å². The normalized spacial score (nSPS) is 10.6. The number of benzene rings is 2. The van der Waals surface area contributed by atoms with E-state index >= 15 is 0 Å². The van der Waals surface area contributed by atoms with E-state index in [1.165, 1.54) is 0 Å². The predicted molar refractivity (Wildman–Crippen MR) is 116 cm³/mol. The fourth-order valence-corrected chi connectivity index (χ4v) is 3.24. The molecule has 0 atom stereocenters. The zero-order valence-corrected chi connectivity index (χ0v) is 17.5. The van der Waals surface area contributed by atoms with Gasteiger partial charge in [0.15, 0.2) is 0 Å². The molecule has 0 aromatic heterocycles.